The van der Waals surface area contributed by atoms with Crippen LogP contribution in [0.15, 0.2) is 12.3 Å². The van der Waals surface area contributed by atoms with E-state index in [2.05, 4.69) is 15.2 Å². The van der Waals surface area contributed by atoms with Crippen LogP contribution in [0.4, 0.5) is 10.5 Å². The molecule has 2 saturated heterocycles. The van der Waals surface area contributed by atoms with E-state index in [0.717, 1.165) is 12.1 Å². The number of carbonyl (C=O) groups is 2. The zero-order valence-electron chi connectivity index (χ0n) is 17.5. The first kappa shape index (κ1) is 21.2. The Labute approximate surface area is 171 Å². The number of nitrogens with zero attached hydrogens (tertiary/aromatic N) is 3. The van der Waals surface area contributed by atoms with Gasteiger partial charge in [0.25, 0.3) is 5.91 Å². The quantitative estimate of drug-likeness (QED) is 0.786. The van der Waals surface area contributed by atoms with Gasteiger partial charge < -0.3 is 29.7 Å². The van der Waals surface area contributed by atoms with Gasteiger partial charge in [-0.1, -0.05) is 20.8 Å². The largest absolute Gasteiger partial charge is 0.494 e. The fraction of sp³-hybridized carbons (Fsp3) is 0.650. The highest BCUT2D eigenvalue weighted by atomic mass is 16.5. The first-order valence-electron chi connectivity index (χ1n) is 9.88. The predicted octanol–water partition coefficient (Wildman–Crippen LogP) is 1.82. The standard InChI is InChI=1S/C20H30N4O5/c1-20(2,3)17-11-23(6-7-24(17)19(26)27)15-10-21-14(9-16(15)28-4)18(25)22-13-5-8-29-12-13/h9-10,13,17H,5-8,11-12H2,1-4H3,(H,22,25)(H,26,27). The predicted molar refractivity (Wildman–Crippen MR) is 108 cm³/mol. The number of amides is 2. The second kappa shape index (κ2) is 8.44. The van der Waals surface area contributed by atoms with E-state index in [9.17, 15) is 14.7 Å². The van der Waals surface area contributed by atoms with E-state index in [-0.39, 0.29) is 29.1 Å². The fourth-order valence-electron chi connectivity index (χ4n) is 3.83. The smallest absolute Gasteiger partial charge is 0.407 e. The zero-order chi connectivity index (χ0) is 21.2. The zero-order valence-corrected chi connectivity index (χ0v) is 17.5. The molecule has 3 heterocycles. The molecule has 9 heteroatoms. The number of ether oxygens (including phenoxy) is 2. The molecule has 0 saturated carbocycles. The number of carboxylic acid groups (broad SMARTS) is 1. The maximum Gasteiger partial charge on any atom is 0.407 e. The van der Waals surface area contributed by atoms with Crippen molar-refractivity contribution in [3.8, 4) is 5.75 Å². The van der Waals surface area contributed by atoms with E-state index in [0.29, 0.717) is 38.6 Å². The third-order valence-electron chi connectivity index (χ3n) is 5.53. The lowest BCUT2D eigenvalue weighted by Crippen LogP contribution is -2.59. The second-order valence-electron chi connectivity index (χ2n) is 8.58. The molecule has 0 radical (unpaired) electrons. The Balaban J connectivity index is 1.79. The van der Waals surface area contributed by atoms with Crippen molar-refractivity contribution < 1.29 is 24.2 Å². The Morgan fingerprint density at radius 2 is 2.10 bits per heavy atom. The average molecular weight is 406 g/mol. The van der Waals surface area contributed by atoms with Crippen molar-refractivity contribution in [1.29, 1.82) is 0 Å². The summed E-state index contributed by atoms with van der Waals surface area (Å²) in [6, 6.07) is 1.46. The van der Waals surface area contributed by atoms with E-state index >= 15 is 0 Å². The maximum absolute atomic E-state index is 12.5. The van der Waals surface area contributed by atoms with Crippen LogP contribution in [0.2, 0.25) is 0 Å². The molecule has 29 heavy (non-hydrogen) atoms. The van der Waals surface area contributed by atoms with Crippen molar-refractivity contribution in [3.63, 3.8) is 0 Å². The van der Waals surface area contributed by atoms with Gasteiger partial charge >= 0.3 is 6.09 Å². The Morgan fingerprint density at radius 3 is 2.69 bits per heavy atom. The summed E-state index contributed by atoms with van der Waals surface area (Å²) in [4.78, 5) is 32.1. The number of anilines is 1. The number of aromatic nitrogens is 1. The van der Waals surface area contributed by atoms with E-state index in [4.69, 9.17) is 9.47 Å². The van der Waals surface area contributed by atoms with E-state index in [1.165, 1.54) is 4.90 Å². The van der Waals surface area contributed by atoms with Crippen LogP contribution in [0.25, 0.3) is 0 Å². The van der Waals surface area contributed by atoms with Gasteiger partial charge in [-0.2, -0.15) is 0 Å². The molecule has 9 nitrogen and oxygen atoms in total. The molecule has 0 spiro atoms. The van der Waals surface area contributed by atoms with Crippen molar-refractivity contribution >= 4 is 17.7 Å². The lowest BCUT2D eigenvalue weighted by atomic mass is 9.84. The molecule has 2 aliphatic heterocycles. The number of pyridine rings is 1. The molecule has 2 aliphatic rings. The van der Waals surface area contributed by atoms with Crippen molar-refractivity contribution in [2.24, 2.45) is 5.41 Å². The van der Waals surface area contributed by atoms with Crippen molar-refractivity contribution in [2.75, 3.05) is 44.9 Å². The molecular weight excluding hydrogens is 376 g/mol. The third kappa shape index (κ3) is 4.72. The lowest BCUT2D eigenvalue weighted by molar-refractivity contribution is 0.0747. The van der Waals surface area contributed by atoms with E-state index in [1.807, 2.05) is 20.8 Å². The minimum absolute atomic E-state index is 0.00612. The Kier molecular flexibility index (Phi) is 6.16. The normalized spacial score (nSPS) is 22.5. The molecule has 0 aliphatic carbocycles. The van der Waals surface area contributed by atoms with Gasteiger partial charge in [0.15, 0.2) is 0 Å². The topological polar surface area (TPSA) is 104 Å². The maximum atomic E-state index is 12.5. The van der Waals surface area contributed by atoms with Gasteiger partial charge in [0, 0.05) is 32.3 Å². The second-order valence-corrected chi connectivity index (χ2v) is 8.58. The lowest BCUT2D eigenvalue weighted by Gasteiger charge is -2.46. The monoisotopic (exact) mass is 406 g/mol. The first-order valence-corrected chi connectivity index (χ1v) is 9.88. The summed E-state index contributed by atoms with van der Waals surface area (Å²) in [6.45, 7) is 8.72. The number of hydrogen-bond donors (Lipinski definition) is 2. The Hall–Kier alpha value is -2.55. The van der Waals surface area contributed by atoms with Gasteiger partial charge in [0.05, 0.1) is 37.7 Å². The summed E-state index contributed by atoms with van der Waals surface area (Å²) < 4.78 is 10.8. The molecule has 160 valence electrons. The minimum atomic E-state index is -0.905. The molecule has 0 bridgehead atoms. The Bertz CT molecular complexity index is 758. The molecule has 1 aromatic rings. The van der Waals surface area contributed by atoms with Crippen LogP contribution in [0.3, 0.4) is 0 Å². The van der Waals surface area contributed by atoms with Gasteiger partial charge in [0.1, 0.15) is 11.4 Å². The highest BCUT2D eigenvalue weighted by Gasteiger charge is 2.38. The summed E-state index contributed by atoms with van der Waals surface area (Å²) in [7, 11) is 1.56. The molecule has 2 unspecified atom stereocenters. The molecule has 2 fully saturated rings. The van der Waals surface area contributed by atoms with Crippen LogP contribution in [0.5, 0.6) is 5.75 Å². The van der Waals surface area contributed by atoms with E-state index < -0.39 is 6.09 Å². The van der Waals surface area contributed by atoms with Crippen LogP contribution >= 0.6 is 0 Å². The van der Waals surface area contributed by atoms with Gasteiger partial charge in [0.2, 0.25) is 0 Å². The van der Waals surface area contributed by atoms with E-state index in [1.54, 1.807) is 19.4 Å². The summed E-state index contributed by atoms with van der Waals surface area (Å²) in [5.74, 6) is 0.290. The molecule has 2 amide bonds. The molecule has 2 atom stereocenters. The summed E-state index contributed by atoms with van der Waals surface area (Å²) in [6.07, 6.45) is 1.52. The number of hydrogen-bond acceptors (Lipinski definition) is 6. The Morgan fingerprint density at radius 1 is 1.34 bits per heavy atom. The molecule has 0 aromatic carbocycles. The SMILES string of the molecule is COc1cc(C(=O)NC2CCOC2)ncc1N1CCN(C(=O)O)C(C(C)(C)C)C1. The third-order valence-corrected chi connectivity index (χ3v) is 5.53. The van der Waals surface area contributed by atoms with Crippen molar-refractivity contribution in [2.45, 2.75) is 39.3 Å². The summed E-state index contributed by atoms with van der Waals surface area (Å²) in [5, 5.41) is 12.5. The number of methoxy groups -OCH3 is 1. The van der Waals surface area contributed by atoms with Crippen molar-refractivity contribution in [1.82, 2.24) is 15.2 Å². The van der Waals surface area contributed by atoms with Crippen LogP contribution in [-0.4, -0.2) is 79.0 Å². The van der Waals surface area contributed by atoms with Crippen molar-refractivity contribution in [3.05, 3.63) is 18.0 Å². The molecular formula is C20H30N4O5. The molecule has 1 aromatic heterocycles. The minimum Gasteiger partial charge on any atom is -0.494 e. The van der Waals surface area contributed by atoms with Crippen LogP contribution < -0.4 is 15.0 Å². The highest BCUT2D eigenvalue weighted by Crippen LogP contribution is 2.34. The number of nitrogens with one attached hydrogen (secondary N) is 1. The highest BCUT2D eigenvalue weighted by molar-refractivity contribution is 5.93. The average Bonchev–Trinajstić information content (AvgIpc) is 3.19. The summed E-state index contributed by atoms with van der Waals surface area (Å²) in [5.41, 5.74) is 0.822. The van der Waals surface area contributed by atoms with Crippen LogP contribution in [0.1, 0.15) is 37.7 Å². The number of rotatable bonds is 4. The van der Waals surface area contributed by atoms with Crippen LogP contribution in [0, 0.1) is 5.41 Å². The first-order chi connectivity index (χ1) is 13.7. The molecule has 3 rings (SSSR count). The van der Waals surface area contributed by atoms with Gasteiger partial charge in [-0.15, -0.1) is 0 Å². The van der Waals surface area contributed by atoms with Crippen LogP contribution in [-0.2, 0) is 4.74 Å². The fourth-order valence-corrected chi connectivity index (χ4v) is 3.83. The molecule has 2 N–H and O–H groups in total. The van der Waals surface area contributed by atoms with Gasteiger partial charge in [-0.05, 0) is 11.8 Å². The van der Waals surface area contributed by atoms with Gasteiger partial charge in [-0.3, -0.25) is 4.79 Å². The number of piperazine rings is 1. The number of carbonyl (C=O) groups excluding carboxylic acids is 1. The van der Waals surface area contributed by atoms with Gasteiger partial charge in [-0.25, -0.2) is 9.78 Å². The summed E-state index contributed by atoms with van der Waals surface area (Å²) >= 11 is 0.